The number of alkyl halides is 1. The molecular formula is C20H20FNO4. The number of carboxylic acid groups (broad SMARTS) is 1. The van der Waals surface area contributed by atoms with Gasteiger partial charge in [-0.25, -0.2) is 9.18 Å². The minimum Gasteiger partial charge on any atom is -0.493 e. The highest BCUT2D eigenvalue weighted by Gasteiger charge is 2.47. The molecule has 0 spiro atoms. The Morgan fingerprint density at radius 3 is 2.69 bits per heavy atom. The van der Waals surface area contributed by atoms with Crippen molar-refractivity contribution in [3.8, 4) is 16.9 Å². The van der Waals surface area contributed by atoms with Gasteiger partial charge in [0, 0.05) is 24.1 Å². The van der Waals surface area contributed by atoms with Crippen LogP contribution >= 0.6 is 0 Å². The number of nitrogens with zero attached hydrogens (tertiary/aromatic N) is 1. The lowest BCUT2D eigenvalue weighted by atomic mass is 10.0. The number of carbonyl (C=O) groups excluding carboxylic acids is 1. The van der Waals surface area contributed by atoms with Crippen molar-refractivity contribution in [2.45, 2.75) is 19.0 Å². The standard InChI is InChI=1S/C20H20FNO4/c1-2-26-17-9-4-3-8-16(17)14-6-5-7-15(12-14)18(23)22-11-10-20(21,13-22)19(24)25/h3-9,12H,2,10-11,13H2,1H3,(H,24,25). The monoisotopic (exact) mass is 357 g/mol. The number of halogens is 1. The molecule has 1 atom stereocenters. The maximum absolute atomic E-state index is 14.2. The summed E-state index contributed by atoms with van der Waals surface area (Å²) in [6, 6.07) is 14.5. The number of amides is 1. The van der Waals surface area contributed by atoms with Crippen LogP contribution in [0.4, 0.5) is 4.39 Å². The highest BCUT2D eigenvalue weighted by Crippen LogP contribution is 2.31. The number of hydrogen-bond donors (Lipinski definition) is 1. The van der Waals surface area contributed by atoms with Gasteiger partial charge < -0.3 is 14.7 Å². The molecule has 0 aromatic heterocycles. The Bertz CT molecular complexity index is 838. The molecule has 2 aromatic carbocycles. The predicted molar refractivity (Wildman–Crippen MR) is 95.0 cm³/mol. The van der Waals surface area contributed by atoms with Crippen LogP contribution in [0.1, 0.15) is 23.7 Å². The Morgan fingerprint density at radius 1 is 1.23 bits per heavy atom. The van der Waals surface area contributed by atoms with Crippen LogP contribution in [0.25, 0.3) is 11.1 Å². The number of para-hydroxylation sites is 1. The molecule has 1 unspecified atom stereocenters. The molecule has 1 heterocycles. The van der Waals surface area contributed by atoms with Crippen molar-refractivity contribution >= 4 is 11.9 Å². The first-order valence-electron chi connectivity index (χ1n) is 8.48. The van der Waals surface area contributed by atoms with Gasteiger partial charge in [0.2, 0.25) is 5.67 Å². The fraction of sp³-hybridized carbons (Fsp3) is 0.300. The number of hydrogen-bond acceptors (Lipinski definition) is 3. The number of ether oxygens (including phenoxy) is 1. The Hall–Kier alpha value is -2.89. The zero-order chi connectivity index (χ0) is 18.7. The van der Waals surface area contributed by atoms with Gasteiger partial charge in [0.1, 0.15) is 5.75 Å². The summed E-state index contributed by atoms with van der Waals surface area (Å²) in [6.45, 7) is 2.08. The molecule has 1 amide bonds. The molecule has 0 aliphatic carbocycles. The van der Waals surface area contributed by atoms with Gasteiger partial charge in [-0.15, -0.1) is 0 Å². The predicted octanol–water partition coefficient (Wildman–Crippen LogP) is 3.39. The minimum atomic E-state index is -2.37. The van der Waals surface area contributed by atoms with Crippen LogP contribution in [0.15, 0.2) is 48.5 Å². The van der Waals surface area contributed by atoms with Crippen molar-refractivity contribution in [1.82, 2.24) is 4.90 Å². The largest absolute Gasteiger partial charge is 0.493 e. The van der Waals surface area contributed by atoms with Crippen LogP contribution in [0.3, 0.4) is 0 Å². The minimum absolute atomic E-state index is 0.0847. The van der Waals surface area contributed by atoms with E-state index in [2.05, 4.69) is 0 Å². The molecule has 0 bridgehead atoms. The van der Waals surface area contributed by atoms with Crippen molar-refractivity contribution in [3.63, 3.8) is 0 Å². The lowest BCUT2D eigenvalue weighted by Crippen LogP contribution is -2.38. The summed E-state index contributed by atoms with van der Waals surface area (Å²) in [4.78, 5) is 25.0. The van der Waals surface area contributed by atoms with Crippen molar-refractivity contribution in [2.75, 3.05) is 19.7 Å². The van der Waals surface area contributed by atoms with E-state index in [0.717, 1.165) is 16.9 Å². The summed E-state index contributed by atoms with van der Waals surface area (Å²) in [5.41, 5.74) is -0.308. The number of carbonyl (C=O) groups is 2. The molecule has 136 valence electrons. The van der Waals surface area contributed by atoms with Gasteiger partial charge in [0.05, 0.1) is 13.2 Å². The van der Waals surface area contributed by atoms with E-state index in [1.54, 1.807) is 18.2 Å². The zero-order valence-corrected chi connectivity index (χ0v) is 14.4. The third-order valence-electron chi connectivity index (χ3n) is 4.50. The first kappa shape index (κ1) is 17.9. The Labute approximate surface area is 151 Å². The third-order valence-corrected chi connectivity index (χ3v) is 4.50. The summed E-state index contributed by atoms with van der Waals surface area (Å²) < 4.78 is 19.9. The van der Waals surface area contributed by atoms with E-state index in [1.165, 1.54) is 4.90 Å². The van der Waals surface area contributed by atoms with Crippen LogP contribution in [-0.2, 0) is 4.79 Å². The van der Waals surface area contributed by atoms with E-state index in [9.17, 15) is 14.0 Å². The smallest absolute Gasteiger partial charge is 0.343 e. The lowest BCUT2D eigenvalue weighted by molar-refractivity contribution is -0.149. The molecule has 1 aliphatic heterocycles. The van der Waals surface area contributed by atoms with E-state index in [4.69, 9.17) is 9.84 Å². The van der Waals surface area contributed by atoms with Gasteiger partial charge in [-0.3, -0.25) is 4.79 Å². The summed E-state index contributed by atoms with van der Waals surface area (Å²) in [6.07, 6.45) is -0.194. The lowest BCUT2D eigenvalue weighted by Gasteiger charge is -2.18. The Morgan fingerprint density at radius 2 is 2.00 bits per heavy atom. The summed E-state index contributed by atoms with van der Waals surface area (Å²) in [5, 5.41) is 8.99. The molecule has 1 aliphatic rings. The molecule has 0 saturated carbocycles. The maximum Gasteiger partial charge on any atom is 0.343 e. The Kier molecular flexibility index (Phi) is 4.93. The zero-order valence-electron chi connectivity index (χ0n) is 14.4. The van der Waals surface area contributed by atoms with Gasteiger partial charge in [-0.2, -0.15) is 0 Å². The fourth-order valence-corrected chi connectivity index (χ4v) is 3.11. The summed E-state index contributed by atoms with van der Waals surface area (Å²) >= 11 is 0. The number of benzene rings is 2. The first-order chi connectivity index (χ1) is 12.4. The van der Waals surface area contributed by atoms with Crippen molar-refractivity contribution < 1.29 is 23.8 Å². The molecule has 1 fully saturated rings. The second-order valence-corrected chi connectivity index (χ2v) is 6.26. The van der Waals surface area contributed by atoms with Crippen molar-refractivity contribution in [2.24, 2.45) is 0 Å². The molecule has 1 N–H and O–H groups in total. The number of aliphatic carboxylic acids is 1. The van der Waals surface area contributed by atoms with Gasteiger partial charge in [-0.1, -0.05) is 30.3 Å². The van der Waals surface area contributed by atoms with Crippen LogP contribution < -0.4 is 4.74 Å². The molecular weight excluding hydrogens is 337 g/mol. The molecule has 1 saturated heterocycles. The summed E-state index contributed by atoms with van der Waals surface area (Å²) in [7, 11) is 0. The van der Waals surface area contributed by atoms with Crippen LogP contribution in [0.5, 0.6) is 5.75 Å². The van der Waals surface area contributed by atoms with E-state index in [0.29, 0.717) is 12.2 Å². The summed E-state index contributed by atoms with van der Waals surface area (Å²) in [5.74, 6) is -1.18. The average molecular weight is 357 g/mol. The number of rotatable bonds is 5. The molecule has 3 rings (SSSR count). The second-order valence-electron chi connectivity index (χ2n) is 6.26. The molecule has 2 aromatic rings. The maximum atomic E-state index is 14.2. The fourth-order valence-electron chi connectivity index (χ4n) is 3.11. The van der Waals surface area contributed by atoms with Gasteiger partial charge in [0.25, 0.3) is 5.91 Å². The van der Waals surface area contributed by atoms with E-state index < -0.39 is 18.2 Å². The SMILES string of the molecule is CCOc1ccccc1-c1cccc(C(=O)N2CCC(F)(C(=O)O)C2)c1. The van der Waals surface area contributed by atoms with E-state index >= 15 is 0 Å². The average Bonchev–Trinajstić information content (AvgIpc) is 3.06. The van der Waals surface area contributed by atoms with E-state index in [-0.39, 0.29) is 18.9 Å². The number of carboxylic acids is 1. The van der Waals surface area contributed by atoms with Gasteiger partial charge >= 0.3 is 5.97 Å². The van der Waals surface area contributed by atoms with Gasteiger partial charge in [0.15, 0.2) is 0 Å². The van der Waals surface area contributed by atoms with Crippen molar-refractivity contribution in [1.29, 1.82) is 0 Å². The van der Waals surface area contributed by atoms with Crippen LogP contribution in [0, 0.1) is 0 Å². The molecule has 5 nitrogen and oxygen atoms in total. The third kappa shape index (κ3) is 3.40. The molecule has 0 radical (unpaired) electrons. The normalized spacial score (nSPS) is 19.4. The highest BCUT2D eigenvalue weighted by molar-refractivity contribution is 5.96. The quantitative estimate of drug-likeness (QED) is 0.891. The molecule has 26 heavy (non-hydrogen) atoms. The van der Waals surface area contributed by atoms with Crippen LogP contribution in [0.2, 0.25) is 0 Å². The highest BCUT2D eigenvalue weighted by atomic mass is 19.1. The second kappa shape index (κ2) is 7.15. The topological polar surface area (TPSA) is 66.8 Å². The van der Waals surface area contributed by atoms with Gasteiger partial charge in [-0.05, 0) is 30.7 Å². The van der Waals surface area contributed by atoms with Crippen molar-refractivity contribution in [3.05, 3.63) is 54.1 Å². The van der Waals surface area contributed by atoms with E-state index in [1.807, 2.05) is 37.3 Å². The Balaban J connectivity index is 1.87. The molecule has 6 heteroatoms. The van der Waals surface area contributed by atoms with Crippen LogP contribution in [-0.4, -0.2) is 47.2 Å². The first-order valence-corrected chi connectivity index (χ1v) is 8.48. The number of likely N-dealkylation sites (tertiary alicyclic amines) is 1.